The molecular weight excluding hydrogens is 768 g/mol. The van der Waals surface area contributed by atoms with E-state index in [2.05, 4.69) is 23.9 Å². The lowest BCUT2D eigenvalue weighted by molar-refractivity contribution is -0.0366. The van der Waals surface area contributed by atoms with Crippen LogP contribution in [0, 0.1) is 24.1 Å². The predicted molar refractivity (Wildman–Crippen MR) is 226 cm³/mol. The van der Waals surface area contributed by atoms with Crippen molar-refractivity contribution in [1.82, 2.24) is 34.3 Å². The van der Waals surface area contributed by atoms with Crippen molar-refractivity contribution < 1.29 is 18.7 Å². The molecule has 3 saturated heterocycles. The summed E-state index contributed by atoms with van der Waals surface area (Å²) in [5.41, 5.74) is 2.75. The molecule has 3 aliphatic heterocycles. The fraction of sp³-hybridized carbons (Fsp3) is 0.548. The van der Waals surface area contributed by atoms with Crippen molar-refractivity contribution in [3.63, 3.8) is 0 Å². The largest absolute Gasteiger partial charge is 0.444 e. The molecule has 0 saturated carbocycles. The van der Waals surface area contributed by atoms with E-state index >= 15 is 4.39 Å². The molecule has 8 rings (SSSR count). The number of piperidine rings is 1. The van der Waals surface area contributed by atoms with Crippen LogP contribution in [0.25, 0.3) is 43.8 Å². The monoisotopic (exact) mass is 821 g/mol. The van der Waals surface area contributed by atoms with Gasteiger partial charge in [-0.3, -0.25) is 4.68 Å². The van der Waals surface area contributed by atoms with Gasteiger partial charge in [0.1, 0.15) is 16.9 Å². The summed E-state index contributed by atoms with van der Waals surface area (Å²) in [6.45, 7) is 16.2. The maximum absolute atomic E-state index is 17.5. The summed E-state index contributed by atoms with van der Waals surface area (Å²) in [5.74, 6) is 0.177. The zero-order chi connectivity index (χ0) is 41.3. The number of nitriles is 1. The number of hydrogen-bond donors (Lipinski definition) is 0. The van der Waals surface area contributed by atoms with Gasteiger partial charge in [0.15, 0.2) is 12.0 Å². The van der Waals surface area contributed by atoms with E-state index in [-0.39, 0.29) is 34.5 Å². The lowest BCUT2D eigenvalue weighted by Crippen LogP contribution is -2.57. The number of amides is 1. The van der Waals surface area contributed by atoms with Crippen LogP contribution in [0.5, 0.6) is 0 Å². The molecule has 1 unspecified atom stereocenters. The zero-order valence-corrected chi connectivity index (χ0v) is 36.0. The van der Waals surface area contributed by atoms with E-state index in [9.17, 15) is 4.79 Å². The Morgan fingerprint density at radius 2 is 1.63 bits per heavy atom. The number of likely N-dealkylation sites (tertiary alicyclic amines) is 1. The third kappa shape index (κ3) is 8.24. The molecule has 1 atom stereocenters. The molecule has 3 aromatic heterocycles. The van der Waals surface area contributed by atoms with Gasteiger partial charge < -0.3 is 24.2 Å². The minimum Gasteiger partial charge on any atom is -0.444 e. The topological polar surface area (TPSA) is 118 Å². The van der Waals surface area contributed by atoms with Crippen molar-refractivity contribution >= 4 is 67.8 Å². The van der Waals surface area contributed by atoms with Crippen molar-refractivity contribution in [1.29, 1.82) is 5.26 Å². The minimum atomic E-state index is -0.571. The number of hydrogen-bond acceptors (Lipinski definition) is 9. The number of halogens is 3. The molecular formula is C42H54Cl2FN9O3. The number of anilines is 1. The molecule has 0 aliphatic carbocycles. The summed E-state index contributed by atoms with van der Waals surface area (Å²) in [7, 11) is 4.13. The molecule has 0 spiro atoms. The third-order valence-electron chi connectivity index (χ3n) is 10.8. The van der Waals surface area contributed by atoms with Gasteiger partial charge in [0.05, 0.1) is 45.9 Å². The highest BCUT2D eigenvalue weighted by Crippen LogP contribution is 2.46. The van der Waals surface area contributed by atoms with Crippen LogP contribution in [0.3, 0.4) is 0 Å². The number of rotatable bonds is 5. The first-order valence-electron chi connectivity index (χ1n) is 19.9. The Morgan fingerprint density at radius 3 is 2.25 bits per heavy atom. The summed E-state index contributed by atoms with van der Waals surface area (Å²) in [4.78, 5) is 24.0. The van der Waals surface area contributed by atoms with Crippen LogP contribution < -0.4 is 4.90 Å². The lowest BCUT2D eigenvalue weighted by Gasteiger charge is -2.43. The van der Waals surface area contributed by atoms with E-state index in [1.54, 1.807) is 17.2 Å². The minimum absolute atomic E-state index is 0.0234. The molecule has 0 bridgehead atoms. The van der Waals surface area contributed by atoms with E-state index in [1.807, 2.05) is 69.2 Å². The summed E-state index contributed by atoms with van der Waals surface area (Å²) in [6, 6.07) is 5.79. The fourth-order valence-corrected chi connectivity index (χ4v) is 8.39. The number of carbonyl (C=O) groups is 1. The molecule has 15 heteroatoms. The Morgan fingerprint density at radius 1 is 0.982 bits per heavy atom. The number of benzene rings is 2. The van der Waals surface area contributed by atoms with Gasteiger partial charge in [-0.25, -0.2) is 18.9 Å². The highest BCUT2D eigenvalue weighted by Gasteiger charge is 2.35. The standard InChI is InChI=1S/C38H45Cl2FN8O3.C2H3N.C2H6/c1-21-27(39)16-29-25(17-43-49(29)30-9-7-8-14-51-30)31(21)32-28(40)15-24-34(33(32)41)44-36(47-19-23(20-47)45(5)6)26-18-42-48(35(24)26)22-10-12-46(13-11-22)37(50)52-38(2,3)4;1-2-3;1-2/h15-18,22-23,30H,7-14,19-20H2,1-6H3;1H3;1-2H3. The molecule has 306 valence electrons. The van der Waals surface area contributed by atoms with E-state index in [1.165, 1.54) is 6.92 Å². The average molecular weight is 823 g/mol. The molecule has 0 N–H and O–H groups in total. The Hall–Kier alpha value is -4.22. The summed E-state index contributed by atoms with van der Waals surface area (Å²) < 4.78 is 33.1. The average Bonchev–Trinajstić information content (AvgIpc) is 3.79. The van der Waals surface area contributed by atoms with Crippen LogP contribution in [0.2, 0.25) is 10.0 Å². The van der Waals surface area contributed by atoms with Crippen LogP contribution in [-0.4, -0.2) is 99.0 Å². The Kier molecular flexibility index (Phi) is 12.9. The van der Waals surface area contributed by atoms with Gasteiger partial charge in [0, 0.05) is 72.7 Å². The highest BCUT2D eigenvalue weighted by molar-refractivity contribution is 6.36. The molecule has 3 fully saturated rings. The van der Waals surface area contributed by atoms with E-state index in [0.29, 0.717) is 65.9 Å². The second-order valence-electron chi connectivity index (χ2n) is 15.9. The second kappa shape index (κ2) is 17.3. The molecule has 12 nitrogen and oxygen atoms in total. The smallest absolute Gasteiger partial charge is 0.410 e. The number of ether oxygens (including phenoxy) is 2. The van der Waals surface area contributed by atoms with Gasteiger partial charge in [0.25, 0.3) is 0 Å². The fourth-order valence-electron chi connectivity index (χ4n) is 7.91. The third-order valence-corrected chi connectivity index (χ3v) is 11.5. The van der Waals surface area contributed by atoms with E-state index in [0.717, 1.165) is 54.2 Å². The molecule has 0 radical (unpaired) electrons. The van der Waals surface area contributed by atoms with Crippen molar-refractivity contribution in [2.24, 2.45) is 0 Å². The Balaban J connectivity index is 0.00000105. The molecule has 57 heavy (non-hydrogen) atoms. The van der Waals surface area contributed by atoms with Gasteiger partial charge in [-0.05, 0) is 91.6 Å². The molecule has 1 amide bonds. The second-order valence-corrected chi connectivity index (χ2v) is 16.7. The van der Waals surface area contributed by atoms with Crippen LogP contribution in [0.1, 0.15) is 91.5 Å². The van der Waals surface area contributed by atoms with Crippen LogP contribution in [0.4, 0.5) is 15.0 Å². The lowest BCUT2D eigenvalue weighted by atomic mass is 9.94. The Labute approximate surface area is 344 Å². The van der Waals surface area contributed by atoms with Gasteiger partial charge in [-0.2, -0.15) is 15.5 Å². The molecule has 3 aliphatic rings. The van der Waals surface area contributed by atoms with Crippen LogP contribution >= 0.6 is 23.2 Å². The van der Waals surface area contributed by atoms with Crippen molar-refractivity contribution in [3.8, 4) is 17.2 Å². The first-order chi connectivity index (χ1) is 27.2. The number of aromatic nitrogens is 5. The number of nitrogens with zero attached hydrogens (tertiary/aromatic N) is 9. The van der Waals surface area contributed by atoms with Crippen molar-refractivity contribution in [2.45, 2.75) is 104 Å². The van der Waals surface area contributed by atoms with Gasteiger partial charge in [-0.15, -0.1) is 0 Å². The first kappa shape index (κ1) is 42.4. The normalized spacial score (nSPS) is 17.9. The number of fused-ring (bicyclic) bond motifs is 4. The number of pyridine rings is 1. The maximum atomic E-state index is 17.5. The molecule has 2 aromatic carbocycles. The number of likely N-dealkylation sites (N-methyl/N-ethyl adjacent to an activating group) is 1. The Bertz CT molecular complexity index is 2290. The maximum Gasteiger partial charge on any atom is 0.410 e. The summed E-state index contributed by atoms with van der Waals surface area (Å²) in [6.07, 6.45) is 7.30. The van der Waals surface area contributed by atoms with Gasteiger partial charge in [0.2, 0.25) is 0 Å². The summed E-state index contributed by atoms with van der Waals surface area (Å²) >= 11 is 14.0. The zero-order valence-electron chi connectivity index (χ0n) is 34.5. The van der Waals surface area contributed by atoms with Crippen molar-refractivity contribution in [2.75, 3.05) is 51.8 Å². The molecule has 6 heterocycles. The number of carbonyl (C=O) groups excluding carboxylic acids is 1. The van der Waals surface area contributed by atoms with E-state index in [4.69, 9.17) is 53.1 Å². The van der Waals surface area contributed by atoms with Gasteiger partial charge in [-0.1, -0.05) is 37.0 Å². The predicted octanol–water partition coefficient (Wildman–Crippen LogP) is 9.93. The summed E-state index contributed by atoms with van der Waals surface area (Å²) in [5, 5.41) is 19.9. The molecule has 5 aromatic rings. The van der Waals surface area contributed by atoms with Gasteiger partial charge >= 0.3 is 6.09 Å². The van der Waals surface area contributed by atoms with Crippen LogP contribution in [0.15, 0.2) is 24.5 Å². The van der Waals surface area contributed by atoms with E-state index < -0.39 is 11.4 Å². The quantitative estimate of drug-likeness (QED) is 0.171. The SMILES string of the molecule is CC.CC#N.Cc1c(Cl)cc2c(cnn2C2CCCCO2)c1-c1c(Cl)cc2c(nc(N3CC(N(C)C)C3)c3cnn(C4CCN(C(=O)OC(C)(C)C)CC4)c32)c1F. The van der Waals surface area contributed by atoms with Crippen LogP contribution in [-0.2, 0) is 9.47 Å². The van der Waals surface area contributed by atoms with Crippen molar-refractivity contribution in [3.05, 3.63) is 46.0 Å². The first-order valence-corrected chi connectivity index (χ1v) is 20.6. The highest BCUT2D eigenvalue weighted by atomic mass is 35.5.